The second-order valence-electron chi connectivity index (χ2n) is 3.99. The van der Waals surface area contributed by atoms with E-state index in [0.29, 0.717) is 13.1 Å². The number of carbonyl (C=O) groups is 1. The lowest BCUT2D eigenvalue weighted by Gasteiger charge is -2.11. The number of amides is 1. The minimum Gasteiger partial charge on any atom is -0.352 e. The second kappa shape index (κ2) is 6.30. The molecular formula is C12H16F2N2O. The molecule has 3 N–H and O–H groups in total. The Bertz CT molecular complexity index is 396. The molecule has 0 heterocycles. The Balaban J connectivity index is 2.61. The zero-order chi connectivity index (χ0) is 12.8. The topological polar surface area (TPSA) is 55.1 Å². The van der Waals surface area contributed by atoms with Crippen LogP contribution in [0.2, 0.25) is 0 Å². The first-order valence-electron chi connectivity index (χ1n) is 5.48. The number of nitrogens with one attached hydrogen (secondary N) is 1. The molecule has 94 valence electrons. The van der Waals surface area contributed by atoms with Crippen LogP contribution in [-0.2, 0) is 0 Å². The quantitative estimate of drug-likeness (QED) is 0.825. The van der Waals surface area contributed by atoms with Crippen LogP contribution in [0.1, 0.15) is 23.7 Å². The summed E-state index contributed by atoms with van der Waals surface area (Å²) in [6, 6.07) is 3.53. The molecule has 0 fully saturated rings. The largest absolute Gasteiger partial charge is 0.352 e. The van der Waals surface area contributed by atoms with Gasteiger partial charge in [0.1, 0.15) is 0 Å². The van der Waals surface area contributed by atoms with Gasteiger partial charge in [0.05, 0.1) is 5.56 Å². The molecule has 0 spiro atoms. The smallest absolute Gasteiger partial charge is 0.254 e. The fraction of sp³-hybridized carbons (Fsp3) is 0.417. The summed E-state index contributed by atoms with van der Waals surface area (Å²) in [5, 5.41) is 2.55. The number of rotatable bonds is 5. The molecule has 0 aliphatic rings. The first-order valence-corrected chi connectivity index (χ1v) is 5.48. The standard InChI is InChI=1S/C12H16F2N2O/c1-8(5-6-15)7-16-12(17)9-3-2-4-10(13)11(9)14/h2-4,8H,5-7,15H2,1H3,(H,16,17). The lowest BCUT2D eigenvalue weighted by Crippen LogP contribution is -2.30. The lowest BCUT2D eigenvalue weighted by atomic mass is 10.1. The molecule has 0 bridgehead atoms. The van der Waals surface area contributed by atoms with Crippen molar-refractivity contribution in [3.05, 3.63) is 35.4 Å². The maximum absolute atomic E-state index is 13.3. The maximum Gasteiger partial charge on any atom is 0.254 e. The summed E-state index contributed by atoms with van der Waals surface area (Å²) in [7, 11) is 0. The van der Waals surface area contributed by atoms with E-state index in [4.69, 9.17) is 5.73 Å². The van der Waals surface area contributed by atoms with Crippen LogP contribution in [0.5, 0.6) is 0 Å². The van der Waals surface area contributed by atoms with Crippen molar-refractivity contribution in [1.82, 2.24) is 5.32 Å². The van der Waals surface area contributed by atoms with E-state index >= 15 is 0 Å². The Kier molecular flexibility index (Phi) is 5.03. The van der Waals surface area contributed by atoms with Crippen molar-refractivity contribution in [2.24, 2.45) is 11.7 Å². The lowest BCUT2D eigenvalue weighted by molar-refractivity contribution is 0.0942. The van der Waals surface area contributed by atoms with Crippen molar-refractivity contribution >= 4 is 5.91 Å². The zero-order valence-electron chi connectivity index (χ0n) is 9.67. The maximum atomic E-state index is 13.3. The van der Waals surface area contributed by atoms with E-state index in [2.05, 4.69) is 5.32 Å². The van der Waals surface area contributed by atoms with Gasteiger partial charge < -0.3 is 11.1 Å². The Hall–Kier alpha value is -1.49. The van der Waals surface area contributed by atoms with Crippen LogP contribution in [0.4, 0.5) is 8.78 Å². The number of halogens is 2. The van der Waals surface area contributed by atoms with E-state index in [0.717, 1.165) is 12.5 Å². The van der Waals surface area contributed by atoms with E-state index in [1.54, 1.807) is 0 Å². The summed E-state index contributed by atoms with van der Waals surface area (Å²) in [6.07, 6.45) is 0.770. The van der Waals surface area contributed by atoms with Crippen LogP contribution in [0.3, 0.4) is 0 Å². The third-order valence-corrected chi connectivity index (χ3v) is 2.47. The summed E-state index contributed by atoms with van der Waals surface area (Å²) in [4.78, 5) is 11.6. The van der Waals surface area contributed by atoms with Gasteiger partial charge in [-0.2, -0.15) is 0 Å². The number of benzene rings is 1. The summed E-state index contributed by atoms with van der Waals surface area (Å²) in [5.74, 6) is -2.53. The summed E-state index contributed by atoms with van der Waals surface area (Å²) < 4.78 is 26.2. The molecule has 0 saturated heterocycles. The molecule has 1 unspecified atom stereocenters. The molecule has 0 saturated carbocycles. The van der Waals surface area contributed by atoms with Gasteiger partial charge >= 0.3 is 0 Å². The van der Waals surface area contributed by atoms with Gasteiger partial charge in [0, 0.05) is 6.54 Å². The van der Waals surface area contributed by atoms with Gasteiger partial charge in [0.15, 0.2) is 11.6 Å². The summed E-state index contributed by atoms with van der Waals surface area (Å²) in [5.41, 5.74) is 5.10. The van der Waals surface area contributed by atoms with Gasteiger partial charge in [-0.1, -0.05) is 13.0 Å². The Morgan fingerprint density at radius 1 is 1.47 bits per heavy atom. The third-order valence-electron chi connectivity index (χ3n) is 2.47. The normalized spacial score (nSPS) is 12.2. The first kappa shape index (κ1) is 13.6. The predicted octanol–water partition coefficient (Wildman–Crippen LogP) is 1.68. The molecule has 17 heavy (non-hydrogen) atoms. The molecule has 5 heteroatoms. The van der Waals surface area contributed by atoms with E-state index in [-0.39, 0.29) is 11.5 Å². The third kappa shape index (κ3) is 3.78. The van der Waals surface area contributed by atoms with E-state index in [1.165, 1.54) is 12.1 Å². The van der Waals surface area contributed by atoms with Crippen LogP contribution in [0, 0.1) is 17.6 Å². The van der Waals surface area contributed by atoms with Crippen LogP contribution < -0.4 is 11.1 Å². The number of hydrogen-bond donors (Lipinski definition) is 2. The second-order valence-corrected chi connectivity index (χ2v) is 3.99. The molecule has 1 aromatic rings. The summed E-state index contributed by atoms with van der Waals surface area (Å²) >= 11 is 0. The molecule has 1 rings (SSSR count). The monoisotopic (exact) mass is 242 g/mol. The van der Waals surface area contributed by atoms with Crippen molar-refractivity contribution in [2.75, 3.05) is 13.1 Å². The molecule has 0 radical (unpaired) electrons. The molecule has 1 amide bonds. The average molecular weight is 242 g/mol. The van der Waals surface area contributed by atoms with E-state index in [9.17, 15) is 13.6 Å². The van der Waals surface area contributed by atoms with E-state index < -0.39 is 17.5 Å². The van der Waals surface area contributed by atoms with Crippen LogP contribution in [0.15, 0.2) is 18.2 Å². The summed E-state index contributed by atoms with van der Waals surface area (Å²) in [6.45, 7) is 2.85. The van der Waals surface area contributed by atoms with Gasteiger partial charge in [-0.25, -0.2) is 8.78 Å². The highest BCUT2D eigenvalue weighted by atomic mass is 19.2. The van der Waals surface area contributed by atoms with Crippen molar-refractivity contribution < 1.29 is 13.6 Å². The fourth-order valence-corrected chi connectivity index (χ4v) is 1.43. The predicted molar refractivity (Wildman–Crippen MR) is 61.5 cm³/mol. The van der Waals surface area contributed by atoms with Gasteiger partial charge in [-0.3, -0.25) is 4.79 Å². The minimum atomic E-state index is -1.11. The van der Waals surface area contributed by atoms with Crippen LogP contribution in [0.25, 0.3) is 0 Å². The van der Waals surface area contributed by atoms with Gasteiger partial charge in [0.25, 0.3) is 5.91 Å². The van der Waals surface area contributed by atoms with E-state index in [1.807, 2.05) is 6.92 Å². The average Bonchev–Trinajstić information content (AvgIpc) is 2.30. The fourth-order valence-electron chi connectivity index (χ4n) is 1.43. The highest BCUT2D eigenvalue weighted by Gasteiger charge is 2.15. The first-order chi connectivity index (χ1) is 8.06. The Morgan fingerprint density at radius 2 is 2.18 bits per heavy atom. The highest BCUT2D eigenvalue weighted by Crippen LogP contribution is 2.11. The number of hydrogen-bond acceptors (Lipinski definition) is 2. The Labute approximate surface area is 99.0 Å². The van der Waals surface area contributed by atoms with Gasteiger partial charge in [-0.05, 0) is 31.0 Å². The molecule has 1 aromatic carbocycles. The number of nitrogens with two attached hydrogens (primary N) is 1. The SMILES string of the molecule is CC(CCN)CNC(=O)c1cccc(F)c1F. The molecule has 0 aliphatic carbocycles. The Morgan fingerprint density at radius 3 is 2.82 bits per heavy atom. The molecule has 3 nitrogen and oxygen atoms in total. The molecule has 0 aliphatic heterocycles. The highest BCUT2D eigenvalue weighted by molar-refractivity contribution is 5.94. The number of carbonyl (C=O) groups excluding carboxylic acids is 1. The molecule has 1 atom stereocenters. The minimum absolute atomic E-state index is 0.209. The van der Waals surface area contributed by atoms with Crippen molar-refractivity contribution in [3.8, 4) is 0 Å². The zero-order valence-corrected chi connectivity index (χ0v) is 9.67. The van der Waals surface area contributed by atoms with Gasteiger partial charge in [-0.15, -0.1) is 0 Å². The van der Waals surface area contributed by atoms with Crippen LogP contribution in [-0.4, -0.2) is 19.0 Å². The van der Waals surface area contributed by atoms with Crippen molar-refractivity contribution in [2.45, 2.75) is 13.3 Å². The van der Waals surface area contributed by atoms with Crippen molar-refractivity contribution in [1.29, 1.82) is 0 Å². The van der Waals surface area contributed by atoms with Gasteiger partial charge in [0.2, 0.25) is 0 Å². The molecule has 0 aromatic heterocycles. The van der Waals surface area contributed by atoms with Crippen LogP contribution >= 0.6 is 0 Å². The van der Waals surface area contributed by atoms with Crippen molar-refractivity contribution in [3.63, 3.8) is 0 Å². The molecular weight excluding hydrogens is 226 g/mol.